The molecule has 2 rings (SSSR count). The van der Waals surface area contributed by atoms with E-state index in [1.54, 1.807) is 11.0 Å². The van der Waals surface area contributed by atoms with Gasteiger partial charge in [0.15, 0.2) is 11.5 Å². The lowest BCUT2D eigenvalue weighted by molar-refractivity contribution is 0.366. The fourth-order valence-corrected chi connectivity index (χ4v) is 1.72. The van der Waals surface area contributed by atoms with E-state index in [4.69, 9.17) is 4.42 Å². The van der Waals surface area contributed by atoms with Gasteiger partial charge < -0.3 is 19.5 Å². The monoisotopic (exact) mass is 235 g/mol. The van der Waals surface area contributed by atoms with Gasteiger partial charge in [0, 0.05) is 18.0 Å². The minimum absolute atomic E-state index is 0.219. The Morgan fingerprint density at radius 1 is 1.29 bits per heavy atom. The van der Waals surface area contributed by atoms with Crippen LogP contribution in [0, 0.1) is 0 Å². The van der Waals surface area contributed by atoms with Crippen molar-refractivity contribution in [1.29, 1.82) is 0 Å². The van der Waals surface area contributed by atoms with Crippen LogP contribution in [0.5, 0.6) is 11.5 Å². The number of rotatable bonds is 2. The maximum atomic E-state index is 11.2. The van der Waals surface area contributed by atoms with E-state index < -0.39 is 5.63 Å². The molecule has 5 heteroatoms. The maximum absolute atomic E-state index is 11.2. The zero-order valence-corrected chi connectivity index (χ0v) is 9.60. The van der Waals surface area contributed by atoms with Crippen molar-refractivity contribution in [2.45, 2.75) is 6.54 Å². The van der Waals surface area contributed by atoms with E-state index in [-0.39, 0.29) is 11.5 Å². The quantitative estimate of drug-likeness (QED) is 0.605. The average Bonchev–Trinajstić information content (AvgIpc) is 2.25. The molecule has 1 aromatic heterocycles. The largest absolute Gasteiger partial charge is 0.504 e. The number of phenolic OH excluding ortho intramolecular Hbond substituents is 2. The summed E-state index contributed by atoms with van der Waals surface area (Å²) >= 11 is 0. The summed E-state index contributed by atoms with van der Waals surface area (Å²) in [5.41, 5.74) is 0.229. The molecule has 0 aliphatic rings. The van der Waals surface area contributed by atoms with Gasteiger partial charge in [-0.05, 0) is 26.2 Å². The first kappa shape index (κ1) is 11.5. The highest BCUT2D eigenvalue weighted by molar-refractivity contribution is 5.84. The van der Waals surface area contributed by atoms with Crippen molar-refractivity contribution in [3.05, 3.63) is 34.2 Å². The highest BCUT2D eigenvalue weighted by Gasteiger charge is 2.15. The van der Waals surface area contributed by atoms with Gasteiger partial charge in [-0.25, -0.2) is 4.79 Å². The molecule has 0 aliphatic heterocycles. The Kier molecular flexibility index (Phi) is 2.77. The minimum atomic E-state index is -0.484. The van der Waals surface area contributed by atoms with Crippen LogP contribution in [0.2, 0.25) is 0 Å². The smallest absolute Gasteiger partial charge is 0.336 e. The van der Waals surface area contributed by atoms with Gasteiger partial charge in [-0.3, -0.25) is 0 Å². The summed E-state index contributed by atoms with van der Waals surface area (Å²) in [6.45, 7) is 0.365. The minimum Gasteiger partial charge on any atom is -0.504 e. The summed E-state index contributed by atoms with van der Waals surface area (Å²) in [5.74, 6) is -0.469. The Bertz CT molecular complexity index is 616. The predicted molar refractivity (Wildman–Crippen MR) is 63.2 cm³/mol. The van der Waals surface area contributed by atoms with Crippen LogP contribution in [-0.4, -0.2) is 29.2 Å². The first-order valence-corrected chi connectivity index (χ1v) is 5.11. The van der Waals surface area contributed by atoms with Gasteiger partial charge in [0.2, 0.25) is 0 Å². The predicted octanol–water partition coefficient (Wildman–Crippen LogP) is 1.27. The van der Waals surface area contributed by atoms with Crippen molar-refractivity contribution in [2.75, 3.05) is 14.1 Å². The van der Waals surface area contributed by atoms with Gasteiger partial charge in [-0.1, -0.05) is 0 Å². The molecule has 0 radical (unpaired) electrons. The molecule has 90 valence electrons. The van der Waals surface area contributed by atoms with Crippen molar-refractivity contribution < 1.29 is 14.6 Å². The molecule has 0 saturated heterocycles. The molecule has 1 heterocycles. The normalized spacial score (nSPS) is 11.2. The topological polar surface area (TPSA) is 73.9 Å². The Balaban J connectivity index is 2.79. The lowest BCUT2D eigenvalue weighted by Crippen LogP contribution is -2.11. The van der Waals surface area contributed by atoms with Crippen LogP contribution in [0.1, 0.15) is 5.56 Å². The van der Waals surface area contributed by atoms with Crippen molar-refractivity contribution in [1.82, 2.24) is 4.90 Å². The maximum Gasteiger partial charge on any atom is 0.336 e. The Hall–Kier alpha value is -2.01. The zero-order chi connectivity index (χ0) is 12.6. The summed E-state index contributed by atoms with van der Waals surface area (Å²) < 4.78 is 5.08. The van der Waals surface area contributed by atoms with E-state index in [0.29, 0.717) is 23.1 Å². The van der Waals surface area contributed by atoms with Gasteiger partial charge >= 0.3 is 5.63 Å². The number of nitrogens with zero attached hydrogens (tertiary/aromatic N) is 1. The lowest BCUT2D eigenvalue weighted by atomic mass is 10.1. The second kappa shape index (κ2) is 4.10. The summed E-state index contributed by atoms with van der Waals surface area (Å²) in [7, 11) is 3.63. The Labute approximate surface area is 97.5 Å². The summed E-state index contributed by atoms with van der Waals surface area (Å²) in [6.07, 6.45) is 0. The number of hydrogen-bond acceptors (Lipinski definition) is 5. The number of aromatic hydroxyl groups is 2. The van der Waals surface area contributed by atoms with Crippen LogP contribution in [0.15, 0.2) is 27.4 Å². The van der Waals surface area contributed by atoms with Gasteiger partial charge in [-0.2, -0.15) is 0 Å². The van der Waals surface area contributed by atoms with E-state index in [2.05, 4.69) is 0 Å². The molecule has 2 aromatic rings. The molecule has 0 fully saturated rings. The molecule has 0 amide bonds. The molecule has 2 N–H and O–H groups in total. The van der Waals surface area contributed by atoms with Gasteiger partial charge in [-0.15, -0.1) is 0 Å². The van der Waals surface area contributed by atoms with Crippen LogP contribution < -0.4 is 5.63 Å². The van der Waals surface area contributed by atoms with Crippen LogP contribution in [0.25, 0.3) is 11.0 Å². The molecule has 1 aromatic carbocycles. The van der Waals surface area contributed by atoms with Gasteiger partial charge in [0.25, 0.3) is 0 Å². The van der Waals surface area contributed by atoms with Crippen LogP contribution >= 0.6 is 0 Å². The number of phenols is 2. The molecule has 0 unspecified atom stereocenters. The van der Waals surface area contributed by atoms with Gasteiger partial charge in [0.05, 0.1) is 5.56 Å². The lowest BCUT2D eigenvalue weighted by Gasteiger charge is -2.13. The van der Waals surface area contributed by atoms with Crippen LogP contribution in [-0.2, 0) is 6.54 Å². The average molecular weight is 235 g/mol. The second-order valence-electron chi connectivity index (χ2n) is 4.13. The summed E-state index contributed by atoms with van der Waals surface area (Å²) in [4.78, 5) is 13.0. The highest BCUT2D eigenvalue weighted by atomic mass is 16.4. The van der Waals surface area contributed by atoms with Crippen molar-refractivity contribution in [3.63, 3.8) is 0 Å². The molecular weight excluding hydrogens is 222 g/mol. The van der Waals surface area contributed by atoms with Crippen molar-refractivity contribution in [2.24, 2.45) is 0 Å². The van der Waals surface area contributed by atoms with Crippen molar-refractivity contribution >= 4 is 11.0 Å². The summed E-state index contributed by atoms with van der Waals surface area (Å²) in [5, 5.41) is 20.0. The van der Waals surface area contributed by atoms with E-state index in [0.717, 1.165) is 0 Å². The highest BCUT2D eigenvalue weighted by Crippen LogP contribution is 2.35. The second-order valence-corrected chi connectivity index (χ2v) is 4.13. The first-order valence-electron chi connectivity index (χ1n) is 5.11. The van der Waals surface area contributed by atoms with E-state index in [1.807, 2.05) is 14.1 Å². The third-order valence-electron chi connectivity index (χ3n) is 2.43. The SMILES string of the molecule is CN(C)Cc1c(O)c(O)cc2ccc(=O)oc12. The third-order valence-corrected chi connectivity index (χ3v) is 2.43. The Morgan fingerprint density at radius 3 is 2.65 bits per heavy atom. The molecule has 0 bridgehead atoms. The number of benzene rings is 1. The summed E-state index contributed by atoms with van der Waals surface area (Å²) in [6, 6.07) is 4.20. The van der Waals surface area contributed by atoms with E-state index >= 15 is 0 Å². The van der Waals surface area contributed by atoms with Gasteiger partial charge in [0.1, 0.15) is 5.58 Å². The number of hydrogen-bond donors (Lipinski definition) is 2. The molecule has 5 nitrogen and oxygen atoms in total. The molecule has 0 aliphatic carbocycles. The third kappa shape index (κ3) is 2.09. The fourth-order valence-electron chi connectivity index (χ4n) is 1.72. The standard InChI is InChI=1S/C12H13NO4/c1-13(2)6-8-11(16)9(14)5-7-3-4-10(15)17-12(7)8/h3-5,14,16H,6H2,1-2H3. The zero-order valence-electron chi connectivity index (χ0n) is 9.60. The van der Waals surface area contributed by atoms with Crippen molar-refractivity contribution in [3.8, 4) is 11.5 Å². The molecular formula is C12H13NO4. The number of fused-ring (bicyclic) bond motifs is 1. The fraction of sp³-hybridized carbons (Fsp3) is 0.250. The van der Waals surface area contributed by atoms with E-state index in [9.17, 15) is 15.0 Å². The molecule has 17 heavy (non-hydrogen) atoms. The van der Waals surface area contributed by atoms with E-state index in [1.165, 1.54) is 12.1 Å². The molecule has 0 spiro atoms. The molecule has 0 saturated carbocycles. The Morgan fingerprint density at radius 2 is 2.00 bits per heavy atom. The van der Waals surface area contributed by atoms with Crippen LogP contribution in [0.4, 0.5) is 0 Å². The first-order chi connectivity index (χ1) is 7.99. The van der Waals surface area contributed by atoms with Crippen LogP contribution in [0.3, 0.4) is 0 Å². The molecule has 0 atom stereocenters.